The summed E-state index contributed by atoms with van der Waals surface area (Å²) in [7, 11) is 1.62. The van der Waals surface area contributed by atoms with Crippen LogP contribution in [0.4, 0.5) is 0 Å². The van der Waals surface area contributed by atoms with Crippen molar-refractivity contribution >= 4 is 5.97 Å². The number of rotatable bonds is 7. The molecule has 2 saturated heterocycles. The van der Waals surface area contributed by atoms with Crippen molar-refractivity contribution in [1.29, 1.82) is 0 Å². The minimum absolute atomic E-state index is 0.330. The van der Waals surface area contributed by atoms with E-state index in [0.717, 1.165) is 16.9 Å². The van der Waals surface area contributed by atoms with E-state index in [1.165, 1.54) is 0 Å². The number of esters is 1. The Morgan fingerprint density at radius 3 is 2.28 bits per heavy atom. The number of hydrogen-bond donors (Lipinski definition) is 0. The molecule has 36 heavy (non-hydrogen) atoms. The molecular formula is C29H30O7. The summed E-state index contributed by atoms with van der Waals surface area (Å²) < 4.78 is 36.3. The van der Waals surface area contributed by atoms with Gasteiger partial charge in [0.25, 0.3) is 0 Å². The van der Waals surface area contributed by atoms with Gasteiger partial charge >= 0.3 is 5.97 Å². The van der Waals surface area contributed by atoms with Gasteiger partial charge in [-0.05, 0) is 36.8 Å². The maximum absolute atomic E-state index is 13.0. The summed E-state index contributed by atoms with van der Waals surface area (Å²) in [6.07, 6.45) is -3.11. The fraction of sp³-hybridized carbons (Fsp3) is 0.345. The zero-order valence-corrected chi connectivity index (χ0v) is 20.3. The molecule has 0 spiro atoms. The van der Waals surface area contributed by atoms with Crippen molar-refractivity contribution in [3.05, 3.63) is 102 Å². The van der Waals surface area contributed by atoms with E-state index in [4.69, 9.17) is 28.4 Å². The minimum atomic E-state index is -0.669. The van der Waals surface area contributed by atoms with Crippen molar-refractivity contribution in [3.8, 4) is 5.75 Å². The second-order valence-electron chi connectivity index (χ2n) is 8.92. The van der Waals surface area contributed by atoms with Gasteiger partial charge in [-0.1, -0.05) is 60.7 Å². The van der Waals surface area contributed by atoms with Crippen LogP contribution in [0.1, 0.15) is 34.7 Å². The smallest absolute Gasteiger partial charge is 0.338 e. The van der Waals surface area contributed by atoms with E-state index in [1.54, 1.807) is 31.4 Å². The third-order valence-electron chi connectivity index (χ3n) is 6.48. The molecular weight excluding hydrogens is 460 g/mol. The van der Waals surface area contributed by atoms with Crippen molar-refractivity contribution < 1.29 is 33.2 Å². The van der Waals surface area contributed by atoms with Gasteiger partial charge < -0.3 is 28.4 Å². The van der Waals surface area contributed by atoms with Crippen LogP contribution in [0.25, 0.3) is 0 Å². The van der Waals surface area contributed by atoms with E-state index in [0.29, 0.717) is 18.8 Å². The van der Waals surface area contributed by atoms with Gasteiger partial charge in [-0.15, -0.1) is 0 Å². The zero-order chi connectivity index (χ0) is 24.9. The first-order valence-electron chi connectivity index (χ1n) is 12.1. The highest BCUT2D eigenvalue weighted by Gasteiger charge is 2.51. The molecule has 2 fully saturated rings. The molecule has 0 radical (unpaired) electrons. The van der Waals surface area contributed by atoms with Crippen molar-refractivity contribution in [2.45, 2.75) is 50.3 Å². The van der Waals surface area contributed by atoms with Crippen molar-refractivity contribution in [2.75, 3.05) is 13.7 Å². The van der Waals surface area contributed by atoms with E-state index in [2.05, 4.69) is 0 Å². The summed E-state index contributed by atoms with van der Waals surface area (Å²) in [6, 6.07) is 26.3. The van der Waals surface area contributed by atoms with Crippen molar-refractivity contribution in [2.24, 2.45) is 0 Å². The second kappa shape index (κ2) is 11.2. The summed E-state index contributed by atoms with van der Waals surface area (Å²) in [5, 5.41) is 0. The molecule has 7 nitrogen and oxygen atoms in total. The van der Waals surface area contributed by atoms with E-state index >= 15 is 0 Å². The Kier molecular flexibility index (Phi) is 7.63. The Bertz CT molecular complexity index is 1120. The Labute approximate surface area is 210 Å². The molecule has 5 rings (SSSR count). The third-order valence-corrected chi connectivity index (χ3v) is 6.48. The molecule has 0 bridgehead atoms. The largest absolute Gasteiger partial charge is 0.497 e. The molecule has 0 aliphatic carbocycles. The van der Waals surface area contributed by atoms with E-state index < -0.39 is 36.7 Å². The van der Waals surface area contributed by atoms with Gasteiger partial charge in [-0.25, -0.2) is 4.79 Å². The fourth-order valence-corrected chi connectivity index (χ4v) is 4.58. The average molecular weight is 491 g/mol. The van der Waals surface area contributed by atoms with Crippen LogP contribution in [0.3, 0.4) is 0 Å². The van der Waals surface area contributed by atoms with Crippen LogP contribution < -0.4 is 4.74 Å². The summed E-state index contributed by atoms with van der Waals surface area (Å²) >= 11 is 0. The number of carbonyl (C=O) groups is 1. The highest BCUT2D eigenvalue weighted by Crippen LogP contribution is 2.37. The fourth-order valence-electron chi connectivity index (χ4n) is 4.58. The zero-order valence-electron chi connectivity index (χ0n) is 20.3. The average Bonchev–Trinajstić information content (AvgIpc) is 2.93. The van der Waals surface area contributed by atoms with Gasteiger partial charge in [-0.3, -0.25) is 0 Å². The van der Waals surface area contributed by atoms with Gasteiger partial charge in [0.2, 0.25) is 0 Å². The Hall–Kier alpha value is -3.23. The topological polar surface area (TPSA) is 72.5 Å². The predicted octanol–water partition coefficient (Wildman–Crippen LogP) is 4.71. The van der Waals surface area contributed by atoms with E-state index in [9.17, 15) is 4.79 Å². The van der Waals surface area contributed by atoms with E-state index in [-0.39, 0.29) is 6.10 Å². The lowest BCUT2D eigenvalue weighted by Crippen LogP contribution is -2.62. The second-order valence-corrected chi connectivity index (χ2v) is 8.92. The molecule has 2 aliphatic rings. The number of methoxy groups -OCH3 is 1. The van der Waals surface area contributed by atoms with Crippen LogP contribution in [0, 0.1) is 0 Å². The minimum Gasteiger partial charge on any atom is -0.497 e. The number of ether oxygens (including phenoxy) is 6. The van der Waals surface area contributed by atoms with E-state index in [1.807, 2.05) is 67.6 Å². The SMILES string of the molecule is COc1ccc(C2OCC3O[C@H](C)C(OC(=O)c4ccccc4)[C@H](OCc4ccccc4)[C@@H]3O2)cc1. The Morgan fingerprint density at radius 1 is 0.889 bits per heavy atom. The Morgan fingerprint density at radius 2 is 1.58 bits per heavy atom. The van der Waals surface area contributed by atoms with Gasteiger partial charge in [0.1, 0.15) is 24.1 Å². The number of hydrogen-bond acceptors (Lipinski definition) is 7. The van der Waals surface area contributed by atoms with Crippen LogP contribution in [0.5, 0.6) is 5.75 Å². The molecule has 3 aromatic carbocycles. The first kappa shape index (κ1) is 24.5. The first-order chi connectivity index (χ1) is 17.6. The predicted molar refractivity (Wildman–Crippen MR) is 132 cm³/mol. The number of carbonyl (C=O) groups excluding carboxylic acids is 1. The highest BCUT2D eigenvalue weighted by atomic mass is 16.7. The summed E-state index contributed by atoms with van der Waals surface area (Å²) in [5.74, 6) is 0.320. The van der Waals surface area contributed by atoms with Gasteiger partial charge in [0, 0.05) is 5.56 Å². The summed E-state index contributed by atoms with van der Waals surface area (Å²) in [5.41, 5.74) is 2.34. The quantitative estimate of drug-likeness (QED) is 0.444. The van der Waals surface area contributed by atoms with Crippen LogP contribution in [-0.2, 0) is 30.3 Å². The number of fused-ring (bicyclic) bond motifs is 1. The third kappa shape index (κ3) is 5.44. The Balaban J connectivity index is 1.39. The van der Waals surface area contributed by atoms with Gasteiger partial charge in [0.15, 0.2) is 12.4 Å². The first-order valence-corrected chi connectivity index (χ1v) is 12.1. The normalized spacial score (nSPS) is 27.6. The van der Waals surface area contributed by atoms with Crippen LogP contribution in [-0.4, -0.2) is 50.2 Å². The van der Waals surface area contributed by atoms with Gasteiger partial charge in [0.05, 0.1) is 32.0 Å². The molecule has 3 unspecified atom stereocenters. The van der Waals surface area contributed by atoms with Gasteiger partial charge in [-0.2, -0.15) is 0 Å². The molecule has 2 aliphatic heterocycles. The molecule has 0 aromatic heterocycles. The highest BCUT2D eigenvalue weighted by molar-refractivity contribution is 5.89. The lowest BCUT2D eigenvalue weighted by molar-refractivity contribution is -0.332. The maximum atomic E-state index is 13.0. The molecule has 6 atom stereocenters. The molecule has 0 amide bonds. The maximum Gasteiger partial charge on any atom is 0.338 e. The lowest BCUT2D eigenvalue weighted by atomic mass is 9.94. The molecule has 188 valence electrons. The summed E-state index contributed by atoms with van der Waals surface area (Å²) in [6.45, 7) is 2.56. The van der Waals surface area contributed by atoms with Crippen molar-refractivity contribution in [3.63, 3.8) is 0 Å². The monoisotopic (exact) mass is 490 g/mol. The van der Waals surface area contributed by atoms with Crippen LogP contribution in [0.2, 0.25) is 0 Å². The van der Waals surface area contributed by atoms with Crippen LogP contribution >= 0.6 is 0 Å². The van der Waals surface area contributed by atoms with Crippen LogP contribution in [0.15, 0.2) is 84.9 Å². The molecule has 0 N–H and O–H groups in total. The summed E-state index contributed by atoms with van der Waals surface area (Å²) in [4.78, 5) is 13.0. The molecule has 3 aromatic rings. The number of benzene rings is 3. The lowest BCUT2D eigenvalue weighted by Gasteiger charge is -2.48. The molecule has 2 heterocycles. The molecule has 7 heteroatoms. The van der Waals surface area contributed by atoms with Crippen molar-refractivity contribution in [1.82, 2.24) is 0 Å². The standard InChI is InChI=1S/C29H30O7/c1-19-25(35-28(30)21-11-7-4-8-12-21)27(32-17-20-9-5-3-6-10-20)26-24(34-19)18-33-29(36-26)22-13-15-23(31-2)16-14-22/h3-16,19,24-27,29H,17-18H2,1-2H3/t19-,24?,25?,26-,27+,29?/m1/s1. The molecule has 0 saturated carbocycles.